The van der Waals surface area contributed by atoms with Gasteiger partial charge < -0.3 is 5.32 Å². The van der Waals surface area contributed by atoms with Gasteiger partial charge in [0.15, 0.2) is 5.16 Å². The van der Waals surface area contributed by atoms with E-state index < -0.39 is 0 Å². The van der Waals surface area contributed by atoms with Crippen LogP contribution in [0.2, 0.25) is 0 Å². The van der Waals surface area contributed by atoms with Gasteiger partial charge in [-0.2, -0.15) is 0 Å². The van der Waals surface area contributed by atoms with Gasteiger partial charge in [-0.3, -0.25) is 9.69 Å². The molecule has 2 heterocycles. The summed E-state index contributed by atoms with van der Waals surface area (Å²) in [4.78, 5) is 23.1. The van der Waals surface area contributed by atoms with Crippen LogP contribution in [0.15, 0.2) is 17.6 Å². The molecule has 1 unspecified atom stereocenters. The Balaban J connectivity index is 1.92. The van der Waals surface area contributed by atoms with Crippen LogP contribution in [0.5, 0.6) is 0 Å². The molecular formula is C16H26N4OS. The number of thioether (sulfide) groups is 1. The molecule has 0 radical (unpaired) electrons. The molecule has 0 aliphatic carbocycles. The Morgan fingerprint density at radius 2 is 2.18 bits per heavy atom. The molecular weight excluding hydrogens is 296 g/mol. The zero-order valence-corrected chi connectivity index (χ0v) is 14.4. The summed E-state index contributed by atoms with van der Waals surface area (Å²) in [7, 11) is 1.71. The van der Waals surface area contributed by atoms with Crippen molar-refractivity contribution in [1.29, 1.82) is 0 Å². The highest BCUT2D eigenvalue weighted by molar-refractivity contribution is 7.99. The smallest absolute Gasteiger partial charge is 0.237 e. The lowest BCUT2D eigenvalue weighted by molar-refractivity contribution is -0.127. The number of hydrogen-bond acceptors (Lipinski definition) is 5. The standard InChI is InChI=1S/C16H26N4OS/c1-3-4-9-22-16-18-10-13(11-19-16)12-20-8-6-5-7-14(20)15(21)17-2/h10-11,14H,3-9,12H2,1-2H3,(H,17,21). The zero-order chi connectivity index (χ0) is 15.8. The highest BCUT2D eigenvalue weighted by Crippen LogP contribution is 2.20. The average Bonchev–Trinajstić information content (AvgIpc) is 2.56. The molecule has 1 saturated heterocycles. The van der Waals surface area contributed by atoms with E-state index in [9.17, 15) is 4.79 Å². The first-order valence-corrected chi connectivity index (χ1v) is 9.12. The maximum absolute atomic E-state index is 12.0. The maximum Gasteiger partial charge on any atom is 0.237 e. The minimum absolute atomic E-state index is 0.0163. The molecule has 0 aromatic carbocycles. The molecule has 6 heteroatoms. The number of likely N-dealkylation sites (N-methyl/N-ethyl adjacent to an activating group) is 1. The van der Waals surface area contributed by atoms with E-state index in [0.29, 0.717) is 0 Å². The van der Waals surface area contributed by atoms with Crippen molar-refractivity contribution in [3.8, 4) is 0 Å². The Kier molecular flexibility index (Phi) is 7.12. The van der Waals surface area contributed by atoms with E-state index in [2.05, 4.69) is 27.1 Å². The van der Waals surface area contributed by atoms with Gasteiger partial charge in [-0.1, -0.05) is 31.5 Å². The molecule has 0 spiro atoms. The van der Waals surface area contributed by atoms with Crippen LogP contribution >= 0.6 is 11.8 Å². The molecule has 1 aromatic rings. The molecule has 122 valence electrons. The third-order valence-electron chi connectivity index (χ3n) is 3.96. The second-order valence-electron chi connectivity index (χ2n) is 5.67. The summed E-state index contributed by atoms with van der Waals surface area (Å²) < 4.78 is 0. The largest absolute Gasteiger partial charge is 0.358 e. The second kappa shape index (κ2) is 9.10. The van der Waals surface area contributed by atoms with Crippen molar-refractivity contribution < 1.29 is 4.79 Å². The second-order valence-corrected chi connectivity index (χ2v) is 6.73. The fourth-order valence-corrected chi connectivity index (χ4v) is 3.56. The van der Waals surface area contributed by atoms with E-state index in [0.717, 1.165) is 48.8 Å². The lowest BCUT2D eigenvalue weighted by atomic mass is 10.0. The number of unbranched alkanes of at least 4 members (excludes halogenated alkanes) is 1. The number of likely N-dealkylation sites (tertiary alicyclic amines) is 1. The van der Waals surface area contributed by atoms with Gasteiger partial charge in [0.25, 0.3) is 0 Å². The quantitative estimate of drug-likeness (QED) is 0.475. The zero-order valence-electron chi connectivity index (χ0n) is 13.5. The number of nitrogens with one attached hydrogen (secondary N) is 1. The Morgan fingerprint density at radius 1 is 1.41 bits per heavy atom. The lowest BCUT2D eigenvalue weighted by Gasteiger charge is -2.34. The number of rotatable bonds is 7. The molecule has 0 saturated carbocycles. The first kappa shape index (κ1) is 17.2. The van der Waals surface area contributed by atoms with E-state index >= 15 is 0 Å². The van der Waals surface area contributed by atoms with Crippen molar-refractivity contribution in [2.45, 2.75) is 56.8 Å². The van der Waals surface area contributed by atoms with Crippen molar-refractivity contribution in [1.82, 2.24) is 20.2 Å². The molecule has 1 aliphatic heterocycles. The predicted octanol–water partition coefficient (Wildman–Crippen LogP) is 2.47. The summed E-state index contributed by atoms with van der Waals surface area (Å²) in [6, 6.07) is -0.0163. The van der Waals surface area contributed by atoms with Gasteiger partial charge in [-0.05, 0) is 25.8 Å². The van der Waals surface area contributed by atoms with Crippen LogP contribution in [-0.4, -0.2) is 46.2 Å². The normalized spacial score (nSPS) is 19.1. The van der Waals surface area contributed by atoms with Gasteiger partial charge in [0.05, 0.1) is 6.04 Å². The number of piperidine rings is 1. The fraction of sp³-hybridized carbons (Fsp3) is 0.688. The van der Waals surface area contributed by atoms with E-state index in [1.807, 2.05) is 12.4 Å². The predicted molar refractivity (Wildman–Crippen MR) is 89.8 cm³/mol. The molecule has 1 N–H and O–H groups in total. The highest BCUT2D eigenvalue weighted by Gasteiger charge is 2.27. The molecule has 1 fully saturated rings. The van der Waals surface area contributed by atoms with Crippen LogP contribution in [-0.2, 0) is 11.3 Å². The minimum atomic E-state index is -0.0163. The minimum Gasteiger partial charge on any atom is -0.358 e. The molecule has 5 nitrogen and oxygen atoms in total. The third kappa shape index (κ3) is 4.95. The van der Waals surface area contributed by atoms with Crippen molar-refractivity contribution in [3.05, 3.63) is 18.0 Å². The van der Waals surface area contributed by atoms with Crippen molar-refractivity contribution >= 4 is 17.7 Å². The number of hydrogen-bond donors (Lipinski definition) is 1. The van der Waals surface area contributed by atoms with Crippen molar-refractivity contribution in [2.75, 3.05) is 19.3 Å². The molecule has 1 aliphatic rings. The topological polar surface area (TPSA) is 58.1 Å². The first-order valence-electron chi connectivity index (χ1n) is 8.14. The Hall–Kier alpha value is -1.14. The Labute approximate surface area is 137 Å². The van der Waals surface area contributed by atoms with Crippen LogP contribution < -0.4 is 5.32 Å². The summed E-state index contributed by atoms with van der Waals surface area (Å²) in [5, 5.41) is 3.62. The van der Waals surface area contributed by atoms with Crippen molar-refractivity contribution in [2.24, 2.45) is 0 Å². The van der Waals surface area contributed by atoms with E-state index in [4.69, 9.17) is 0 Å². The third-order valence-corrected chi connectivity index (χ3v) is 4.92. The Morgan fingerprint density at radius 3 is 2.86 bits per heavy atom. The fourth-order valence-electron chi connectivity index (χ4n) is 2.69. The van der Waals surface area contributed by atoms with Gasteiger partial charge in [0.1, 0.15) is 0 Å². The van der Waals surface area contributed by atoms with Gasteiger partial charge in [-0.15, -0.1) is 0 Å². The van der Waals surface area contributed by atoms with E-state index in [1.54, 1.807) is 18.8 Å². The van der Waals surface area contributed by atoms with Crippen LogP contribution in [0.1, 0.15) is 44.6 Å². The van der Waals surface area contributed by atoms with Gasteiger partial charge in [0, 0.05) is 37.3 Å². The first-order chi connectivity index (χ1) is 10.7. The van der Waals surface area contributed by atoms with Crippen molar-refractivity contribution in [3.63, 3.8) is 0 Å². The van der Waals surface area contributed by atoms with Crippen LogP contribution in [0, 0.1) is 0 Å². The number of amides is 1. The molecule has 1 aromatic heterocycles. The Bertz CT molecular complexity index is 466. The van der Waals surface area contributed by atoms with Crippen LogP contribution in [0.3, 0.4) is 0 Å². The van der Waals surface area contributed by atoms with Crippen LogP contribution in [0.25, 0.3) is 0 Å². The summed E-state index contributed by atoms with van der Waals surface area (Å²) in [6.07, 6.45) is 9.40. The van der Waals surface area contributed by atoms with Gasteiger partial charge in [0.2, 0.25) is 5.91 Å². The molecule has 22 heavy (non-hydrogen) atoms. The van der Waals surface area contributed by atoms with Gasteiger partial charge >= 0.3 is 0 Å². The van der Waals surface area contributed by atoms with E-state index in [1.165, 1.54) is 12.8 Å². The molecule has 0 bridgehead atoms. The molecule has 1 amide bonds. The van der Waals surface area contributed by atoms with Gasteiger partial charge in [-0.25, -0.2) is 9.97 Å². The summed E-state index contributed by atoms with van der Waals surface area (Å²) in [5.41, 5.74) is 1.08. The SMILES string of the molecule is CCCCSc1ncc(CN2CCCCC2C(=O)NC)cn1. The number of nitrogens with zero attached hydrogens (tertiary/aromatic N) is 3. The highest BCUT2D eigenvalue weighted by atomic mass is 32.2. The molecule has 2 rings (SSSR count). The number of aromatic nitrogens is 2. The average molecular weight is 322 g/mol. The lowest BCUT2D eigenvalue weighted by Crippen LogP contribution is -2.48. The van der Waals surface area contributed by atoms with Crippen LogP contribution in [0.4, 0.5) is 0 Å². The summed E-state index contributed by atoms with van der Waals surface area (Å²) in [6.45, 7) is 3.90. The molecule has 1 atom stereocenters. The summed E-state index contributed by atoms with van der Waals surface area (Å²) >= 11 is 1.71. The summed E-state index contributed by atoms with van der Waals surface area (Å²) in [5.74, 6) is 1.19. The van der Waals surface area contributed by atoms with E-state index in [-0.39, 0.29) is 11.9 Å². The number of carbonyl (C=O) groups excluding carboxylic acids is 1. The maximum atomic E-state index is 12.0. The monoisotopic (exact) mass is 322 g/mol. The number of carbonyl (C=O) groups is 1.